The first-order valence-electron chi connectivity index (χ1n) is 7.73. The largest absolute Gasteiger partial charge is 0.452 e. The van der Waals surface area contributed by atoms with Gasteiger partial charge in [-0.3, -0.25) is 9.48 Å². The van der Waals surface area contributed by atoms with Crippen molar-refractivity contribution in [1.82, 2.24) is 15.1 Å². The molecule has 25 heavy (non-hydrogen) atoms. The highest BCUT2D eigenvalue weighted by atomic mass is 19.1. The van der Waals surface area contributed by atoms with Gasteiger partial charge in [-0.25, -0.2) is 9.18 Å². The minimum absolute atomic E-state index is 0.237. The minimum Gasteiger partial charge on any atom is -0.452 e. The summed E-state index contributed by atoms with van der Waals surface area (Å²) in [5.74, 6) is -1.38. The molecule has 0 spiro atoms. The van der Waals surface area contributed by atoms with E-state index in [0.717, 1.165) is 22.5 Å². The van der Waals surface area contributed by atoms with Crippen molar-refractivity contribution in [3.8, 4) is 0 Å². The van der Waals surface area contributed by atoms with E-state index in [-0.39, 0.29) is 19.0 Å². The molecule has 0 aliphatic carbocycles. The fourth-order valence-electron chi connectivity index (χ4n) is 2.22. The van der Waals surface area contributed by atoms with E-state index in [4.69, 9.17) is 4.74 Å². The molecule has 0 saturated heterocycles. The van der Waals surface area contributed by atoms with E-state index >= 15 is 0 Å². The van der Waals surface area contributed by atoms with Gasteiger partial charge in [-0.2, -0.15) is 5.10 Å². The number of ether oxygens (including phenoxy) is 1. The van der Waals surface area contributed by atoms with Crippen molar-refractivity contribution in [2.45, 2.75) is 20.4 Å². The molecule has 1 aromatic carbocycles. The number of aryl methyl sites for hydroxylation is 2. The summed E-state index contributed by atoms with van der Waals surface area (Å²) in [6.07, 6.45) is 2.89. The molecule has 0 aliphatic rings. The average Bonchev–Trinajstić information content (AvgIpc) is 2.83. The number of halogens is 1. The lowest BCUT2D eigenvalue weighted by molar-refractivity contribution is -0.143. The first-order valence-corrected chi connectivity index (χ1v) is 7.73. The average molecular weight is 345 g/mol. The minimum atomic E-state index is -0.611. The maximum absolute atomic E-state index is 12.8. The van der Waals surface area contributed by atoms with Crippen LogP contribution in [0.2, 0.25) is 0 Å². The van der Waals surface area contributed by atoms with E-state index in [1.807, 2.05) is 20.9 Å². The van der Waals surface area contributed by atoms with E-state index in [1.54, 1.807) is 22.9 Å². The maximum Gasteiger partial charge on any atom is 0.331 e. The molecule has 0 aliphatic heterocycles. The summed E-state index contributed by atoms with van der Waals surface area (Å²) in [6.45, 7) is 3.60. The van der Waals surface area contributed by atoms with Crippen LogP contribution in [0.1, 0.15) is 22.5 Å². The molecule has 0 saturated carbocycles. The third-order valence-corrected chi connectivity index (χ3v) is 3.70. The van der Waals surface area contributed by atoms with Crippen molar-refractivity contribution in [1.29, 1.82) is 0 Å². The summed E-state index contributed by atoms with van der Waals surface area (Å²) in [5.41, 5.74) is 3.34. The van der Waals surface area contributed by atoms with Crippen LogP contribution in [0.5, 0.6) is 0 Å². The zero-order valence-electron chi connectivity index (χ0n) is 14.4. The molecule has 132 valence electrons. The van der Waals surface area contributed by atoms with E-state index in [1.165, 1.54) is 18.2 Å². The number of esters is 1. The number of amides is 1. The number of nitrogens with one attached hydrogen (secondary N) is 1. The number of hydrogen-bond acceptors (Lipinski definition) is 4. The molecule has 7 heteroatoms. The standard InChI is InChI=1S/C18H20FN3O3/c1-12-16(13(2)22(3)21-12)8-9-18(24)25-11-17(23)20-10-14-4-6-15(19)7-5-14/h4-9H,10-11H2,1-3H3,(H,20,23)/b9-8+. The Morgan fingerprint density at radius 1 is 1.28 bits per heavy atom. The molecular weight excluding hydrogens is 325 g/mol. The molecule has 0 fully saturated rings. The molecule has 0 radical (unpaired) electrons. The number of rotatable bonds is 6. The molecule has 1 aromatic heterocycles. The number of carbonyl (C=O) groups excluding carboxylic acids is 2. The van der Waals surface area contributed by atoms with Crippen LogP contribution in [0.4, 0.5) is 4.39 Å². The van der Waals surface area contributed by atoms with Crippen molar-refractivity contribution in [2.24, 2.45) is 7.05 Å². The topological polar surface area (TPSA) is 73.2 Å². The number of carbonyl (C=O) groups is 2. The second kappa shape index (κ2) is 8.23. The first-order chi connectivity index (χ1) is 11.9. The van der Waals surface area contributed by atoms with Crippen LogP contribution < -0.4 is 5.32 Å². The summed E-state index contributed by atoms with van der Waals surface area (Å²) < 4.78 is 19.4. The Morgan fingerprint density at radius 2 is 1.96 bits per heavy atom. The van der Waals surface area contributed by atoms with Gasteiger partial charge in [0, 0.05) is 30.9 Å². The van der Waals surface area contributed by atoms with E-state index in [2.05, 4.69) is 10.4 Å². The monoisotopic (exact) mass is 345 g/mol. The lowest BCUT2D eigenvalue weighted by atomic mass is 10.2. The molecule has 2 aromatic rings. The highest BCUT2D eigenvalue weighted by molar-refractivity contribution is 5.89. The van der Waals surface area contributed by atoms with Gasteiger partial charge in [-0.15, -0.1) is 0 Å². The quantitative estimate of drug-likeness (QED) is 0.642. The lowest BCUT2D eigenvalue weighted by Gasteiger charge is -2.05. The fraction of sp³-hybridized carbons (Fsp3) is 0.278. The van der Waals surface area contributed by atoms with E-state index in [9.17, 15) is 14.0 Å². The van der Waals surface area contributed by atoms with Gasteiger partial charge in [0.15, 0.2) is 6.61 Å². The summed E-state index contributed by atoms with van der Waals surface area (Å²) in [4.78, 5) is 23.4. The Hall–Kier alpha value is -2.96. The van der Waals surface area contributed by atoms with E-state index < -0.39 is 11.9 Å². The van der Waals surface area contributed by atoms with Crippen molar-refractivity contribution in [3.05, 3.63) is 58.7 Å². The first kappa shape index (κ1) is 18.4. The van der Waals surface area contributed by atoms with Crippen LogP contribution in [0.3, 0.4) is 0 Å². The Kier molecular flexibility index (Phi) is 6.05. The zero-order valence-corrected chi connectivity index (χ0v) is 14.4. The summed E-state index contributed by atoms with van der Waals surface area (Å²) in [5, 5.41) is 6.84. The van der Waals surface area contributed by atoms with Crippen LogP contribution in [-0.4, -0.2) is 28.3 Å². The van der Waals surface area contributed by atoms with Gasteiger partial charge in [-0.1, -0.05) is 12.1 Å². The fourth-order valence-corrected chi connectivity index (χ4v) is 2.22. The highest BCUT2D eigenvalue weighted by Crippen LogP contribution is 2.13. The molecule has 2 rings (SSSR count). The zero-order chi connectivity index (χ0) is 18.4. The van der Waals surface area contributed by atoms with Crippen LogP contribution in [0.15, 0.2) is 30.3 Å². The smallest absolute Gasteiger partial charge is 0.331 e. The van der Waals surface area contributed by atoms with Gasteiger partial charge in [0.25, 0.3) is 5.91 Å². The maximum atomic E-state index is 12.8. The van der Waals surface area contributed by atoms with Gasteiger partial charge < -0.3 is 10.1 Å². The number of hydrogen-bond donors (Lipinski definition) is 1. The van der Waals surface area contributed by atoms with Gasteiger partial charge in [-0.05, 0) is 37.6 Å². The predicted octanol–water partition coefficient (Wildman–Crippen LogP) is 2.05. The summed E-state index contributed by atoms with van der Waals surface area (Å²) in [7, 11) is 1.82. The molecule has 0 bridgehead atoms. The number of aromatic nitrogens is 2. The highest BCUT2D eigenvalue weighted by Gasteiger charge is 2.08. The van der Waals surface area contributed by atoms with Crippen LogP contribution >= 0.6 is 0 Å². The molecule has 0 unspecified atom stereocenters. The lowest BCUT2D eigenvalue weighted by Crippen LogP contribution is -2.28. The molecule has 1 amide bonds. The number of benzene rings is 1. The summed E-state index contributed by atoms with van der Waals surface area (Å²) >= 11 is 0. The molecule has 1 N–H and O–H groups in total. The van der Waals surface area contributed by atoms with Gasteiger partial charge >= 0.3 is 5.97 Å². The van der Waals surface area contributed by atoms with Gasteiger partial charge in [0.2, 0.25) is 0 Å². The van der Waals surface area contributed by atoms with Crippen molar-refractivity contribution < 1.29 is 18.7 Å². The molecule has 6 nitrogen and oxygen atoms in total. The van der Waals surface area contributed by atoms with E-state index in [0.29, 0.717) is 0 Å². The van der Waals surface area contributed by atoms with Crippen molar-refractivity contribution in [3.63, 3.8) is 0 Å². The molecular formula is C18H20FN3O3. The third-order valence-electron chi connectivity index (χ3n) is 3.70. The Morgan fingerprint density at radius 3 is 2.56 bits per heavy atom. The van der Waals surface area contributed by atoms with Gasteiger partial charge in [0.05, 0.1) is 5.69 Å². The van der Waals surface area contributed by atoms with Crippen LogP contribution in [0, 0.1) is 19.7 Å². The van der Waals surface area contributed by atoms with Crippen LogP contribution in [0.25, 0.3) is 6.08 Å². The predicted molar refractivity (Wildman–Crippen MR) is 90.9 cm³/mol. The molecule has 1 heterocycles. The van der Waals surface area contributed by atoms with Crippen molar-refractivity contribution >= 4 is 18.0 Å². The van der Waals surface area contributed by atoms with Gasteiger partial charge in [0.1, 0.15) is 5.82 Å². The Bertz CT molecular complexity index is 795. The normalized spacial score (nSPS) is 10.9. The third kappa shape index (κ3) is 5.27. The Labute approximate surface area is 145 Å². The second-order valence-corrected chi connectivity index (χ2v) is 5.55. The van der Waals surface area contributed by atoms with Crippen LogP contribution in [-0.2, 0) is 27.9 Å². The number of nitrogens with zero attached hydrogens (tertiary/aromatic N) is 2. The molecule has 0 atom stereocenters. The Balaban J connectivity index is 1.78. The summed E-state index contributed by atoms with van der Waals surface area (Å²) in [6, 6.07) is 5.77. The van der Waals surface area contributed by atoms with Crippen molar-refractivity contribution in [2.75, 3.05) is 6.61 Å². The SMILES string of the molecule is Cc1nn(C)c(C)c1/C=C/C(=O)OCC(=O)NCc1ccc(F)cc1. The second-order valence-electron chi connectivity index (χ2n) is 5.55.